The number of halogens is 1. The summed E-state index contributed by atoms with van der Waals surface area (Å²) in [6.07, 6.45) is 2.02. The lowest BCUT2D eigenvalue weighted by molar-refractivity contribution is 0.0957. The molecule has 0 unspecified atom stereocenters. The maximum Gasteiger partial charge on any atom is 0.186 e. The second kappa shape index (κ2) is 2.65. The second-order valence-corrected chi connectivity index (χ2v) is 3.74. The van der Waals surface area contributed by atoms with Gasteiger partial charge in [0.15, 0.2) is 10.4 Å². The second-order valence-electron chi connectivity index (χ2n) is 2.99. The molecule has 1 saturated carbocycles. The van der Waals surface area contributed by atoms with E-state index in [1.807, 2.05) is 0 Å². The molecule has 0 saturated heterocycles. The van der Waals surface area contributed by atoms with Crippen LogP contribution in [0.4, 0.5) is 0 Å². The van der Waals surface area contributed by atoms with Gasteiger partial charge in [-0.1, -0.05) is 5.21 Å². The van der Waals surface area contributed by atoms with E-state index < -0.39 is 0 Å². The normalized spacial score (nSPS) is 16.5. The van der Waals surface area contributed by atoms with Crippen molar-refractivity contribution in [1.29, 1.82) is 0 Å². The van der Waals surface area contributed by atoms with Crippen LogP contribution in [0.25, 0.3) is 0 Å². The molecule has 64 valence electrons. The first-order valence-corrected chi connectivity index (χ1v) is 4.59. The van der Waals surface area contributed by atoms with Crippen molar-refractivity contribution in [3.05, 3.63) is 10.3 Å². The maximum atomic E-state index is 11.6. The van der Waals surface area contributed by atoms with Gasteiger partial charge in [0.1, 0.15) is 5.69 Å². The fourth-order valence-corrected chi connectivity index (χ4v) is 1.65. The summed E-state index contributed by atoms with van der Waals surface area (Å²) in [7, 11) is 1.73. The zero-order chi connectivity index (χ0) is 8.72. The smallest absolute Gasteiger partial charge is 0.186 e. The number of ketones is 1. The molecule has 0 aliphatic heterocycles. The molecule has 0 bridgehead atoms. The van der Waals surface area contributed by atoms with Gasteiger partial charge < -0.3 is 0 Å². The van der Waals surface area contributed by atoms with Crippen LogP contribution in [0.2, 0.25) is 0 Å². The molecule has 1 aliphatic rings. The topological polar surface area (TPSA) is 47.8 Å². The fourth-order valence-electron chi connectivity index (χ4n) is 1.13. The van der Waals surface area contributed by atoms with E-state index in [0.29, 0.717) is 10.3 Å². The van der Waals surface area contributed by atoms with Crippen LogP contribution >= 0.6 is 15.9 Å². The molecule has 0 radical (unpaired) electrons. The van der Waals surface area contributed by atoms with Gasteiger partial charge in [0.25, 0.3) is 0 Å². The van der Waals surface area contributed by atoms with Crippen LogP contribution in [0.1, 0.15) is 23.3 Å². The number of rotatable bonds is 2. The summed E-state index contributed by atoms with van der Waals surface area (Å²) in [5.41, 5.74) is 0.595. The molecule has 2 rings (SSSR count). The first-order valence-electron chi connectivity index (χ1n) is 3.79. The molecule has 5 heteroatoms. The Morgan fingerprint density at radius 3 is 2.75 bits per heavy atom. The largest absolute Gasteiger partial charge is 0.292 e. The van der Waals surface area contributed by atoms with E-state index in [-0.39, 0.29) is 11.7 Å². The standard InChI is InChI=1S/C7H8BrN3O/c1-11-5(7(8)9-10-11)6(12)4-2-3-4/h4H,2-3H2,1H3. The van der Waals surface area contributed by atoms with Crippen molar-refractivity contribution in [2.45, 2.75) is 12.8 Å². The van der Waals surface area contributed by atoms with Crippen LogP contribution in [0.3, 0.4) is 0 Å². The van der Waals surface area contributed by atoms with Crippen molar-refractivity contribution >= 4 is 21.7 Å². The summed E-state index contributed by atoms with van der Waals surface area (Å²) in [4.78, 5) is 11.6. The molecule has 0 atom stereocenters. The Labute approximate surface area is 78.1 Å². The molecule has 1 aromatic heterocycles. The zero-order valence-corrected chi connectivity index (χ0v) is 8.21. The van der Waals surface area contributed by atoms with Gasteiger partial charge in [-0.2, -0.15) is 0 Å². The van der Waals surface area contributed by atoms with Gasteiger partial charge >= 0.3 is 0 Å². The number of carbonyl (C=O) groups is 1. The van der Waals surface area contributed by atoms with E-state index in [4.69, 9.17) is 0 Å². The van der Waals surface area contributed by atoms with E-state index in [0.717, 1.165) is 12.8 Å². The number of Topliss-reactive ketones (excluding diaryl/α,β-unsaturated/α-hetero) is 1. The molecular weight excluding hydrogens is 222 g/mol. The number of hydrogen-bond acceptors (Lipinski definition) is 3. The molecule has 4 nitrogen and oxygen atoms in total. The van der Waals surface area contributed by atoms with Gasteiger partial charge in [-0.25, -0.2) is 4.68 Å². The molecule has 0 spiro atoms. The average Bonchev–Trinajstić information content (AvgIpc) is 2.79. The summed E-state index contributed by atoms with van der Waals surface area (Å²) in [6.45, 7) is 0. The van der Waals surface area contributed by atoms with Crippen molar-refractivity contribution < 1.29 is 4.79 Å². The van der Waals surface area contributed by atoms with Crippen molar-refractivity contribution in [3.63, 3.8) is 0 Å². The average molecular weight is 230 g/mol. The minimum Gasteiger partial charge on any atom is -0.292 e. The molecule has 1 aromatic rings. The molecule has 1 fully saturated rings. The van der Waals surface area contributed by atoms with E-state index >= 15 is 0 Å². The van der Waals surface area contributed by atoms with Crippen LogP contribution in [-0.4, -0.2) is 20.8 Å². The van der Waals surface area contributed by atoms with Crippen LogP contribution in [-0.2, 0) is 7.05 Å². The van der Waals surface area contributed by atoms with Crippen molar-refractivity contribution in [3.8, 4) is 0 Å². The molecule has 12 heavy (non-hydrogen) atoms. The highest BCUT2D eigenvalue weighted by molar-refractivity contribution is 9.10. The van der Waals surface area contributed by atoms with Gasteiger partial charge in [-0.15, -0.1) is 5.10 Å². The first-order chi connectivity index (χ1) is 5.70. The third-order valence-corrected chi connectivity index (χ3v) is 2.50. The van der Waals surface area contributed by atoms with Crippen molar-refractivity contribution in [2.24, 2.45) is 13.0 Å². The van der Waals surface area contributed by atoms with Crippen LogP contribution in [0.15, 0.2) is 4.60 Å². The molecular formula is C7H8BrN3O. The summed E-state index contributed by atoms with van der Waals surface area (Å²) in [6, 6.07) is 0. The third-order valence-electron chi connectivity index (χ3n) is 1.97. The number of hydrogen-bond donors (Lipinski definition) is 0. The zero-order valence-electron chi connectivity index (χ0n) is 6.62. The summed E-state index contributed by atoms with van der Waals surface area (Å²) in [5, 5.41) is 7.50. The van der Waals surface area contributed by atoms with Gasteiger partial charge in [0, 0.05) is 13.0 Å². The van der Waals surface area contributed by atoms with Crippen LogP contribution < -0.4 is 0 Å². The predicted molar refractivity (Wildman–Crippen MR) is 45.8 cm³/mol. The SMILES string of the molecule is Cn1nnc(Br)c1C(=O)C1CC1. The van der Waals surface area contributed by atoms with Gasteiger partial charge in [0.05, 0.1) is 0 Å². The monoisotopic (exact) mass is 229 g/mol. The summed E-state index contributed by atoms with van der Waals surface area (Å²) in [5.74, 6) is 0.382. The molecule has 1 aliphatic carbocycles. The quantitative estimate of drug-likeness (QED) is 0.716. The molecule has 0 N–H and O–H groups in total. The highest BCUT2D eigenvalue weighted by atomic mass is 79.9. The Kier molecular flexibility index (Phi) is 1.75. The Balaban J connectivity index is 2.36. The van der Waals surface area contributed by atoms with Gasteiger partial charge in [-0.05, 0) is 28.8 Å². The summed E-state index contributed by atoms with van der Waals surface area (Å²) >= 11 is 3.20. The number of carbonyl (C=O) groups excluding carboxylic acids is 1. The molecule has 0 aromatic carbocycles. The Morgan fingerprint density at radius 2 is 2.33 bits per heavy atom. The summed E-state index contributed by atoms with van der Waals surface area (Å²) < 4.78 is 2.08. The Morgan fingerprint density at radius 1 is 1.67 bits per heavy atom. The predicted octanol–water partition coefficient (Wildman–Crippen LogP) is 1.17. The Bertz CT molecular complexity index is 310. The highest BCUT2D eigenvalue weighted by Gasteiger charge is 2.33. The van der Waals surface area contributed by atoms with E-state index in [2.05, 4.69) is 26.2 Å². The number of nitrogens with zero attached hydrogens (tertiary/aromatic N) is 3. The third kappa shape index (κ3) is 1.18. The van der Waals surface area contributed by atoms with Crippen LogP contribution in [0.5, 0.6) is 0 Å². The first kappa shape index (κ1) is 7.91. The van der Waals surface area contributed by atoms with E-state index in [9.17, 15) is 4.79 Å². The highest BCUT2D eigenvalue weighted by Crippen LogP contribution is 2.33. The Hall–Kier alpha value is -0.710. The lowest BCUT2D eigenvalue weighted by Gasteiger charge is -1.97. The molecule has 1 heterocycles. The van der Waals surface area contributed by atoms with Gasteiger partial charge in [0.2, 0.25) is 0 Å². The maximum absolute atomic E-state index is 11.6. The van der Waals surface area contributed by atoms with Crippen molar-refractivity contribution in [1.82, 2.24) is 15.0 Å². The van der Waals surface area contributed by atoms with E-state index in [1.54, 1.807) is 7.05 Å². The fraction of sp³-hybridized carbons (Fsp3) is 0.571. The lowest BCUT2D eigenvalue weighted by Crippen LogP contribution is -2.09. The van der Waals surface area contributed by atoms with Crippen LogP contribution in [0, 0.1) is 5.92 Å². The van der Waals surface area contributed by atoms with Gasteiger partial charge in [-0.3, -0.25) is 4.79 Å². The number of aryl methyl sites for hydroxylation is 1. The minimum atomic E-state index is 0.161. The van der Waals surface area contributed by atoms with Crippen molar-refractivity contribution in [2.75, 3.05) is 0 Å². The lowest BCUT2D eigenvalue weighted by atomic mass is 10.2. The number of aromatic nitrogens is 3. The molecule has 0 amide bonds. The van der Waals surface area contributed by atoms with E-state index in [1.165, 1.54) is 4.68 Å². The minimum absolute atomic E-state index is 0.161.